The summed E-state index contributed by atoms with van der Waals surface area (Å²) in [5.41, 5.74) is 0.617. The average Bonchev–Trinajstić information content (AvgIpc) is 2.38. The molecular weight excluding hydrogens is 364 g/mol. The van der Waals surface area contributed by atoms with Gasteiger partial charge in [-0.25, -0.2) is 4.39 Å². The van der Waals surface area contributed by atoms with Gasteiger partial charge in [-0.3, -0.25) is 10.1 Å². The maximum absolute atomic E-state index is 13.1. The van der Waals surface area contributed by atoms with E-state index in [0.29, 0.717) is 0 Å². The molecule has 4 nitrogen and oxygen atoms in total. The molecule has 6 heteroatoms. The van der Waals surface area contributed by atoms with Crippen molar-refractivity contribution in [3.05, 3.63) is 67.5 Å². The fourth-order valence-electron chi connectivity index (χ4n) is 1.50. The molecule has 0 spiro atoms. The number of rotatable bonds is 4. The van der Waals surface area contributed by atoms with Crippen molar-refractivity contribution < 1.29 is 14.1 Å². The Balaban J connectivity index is 2.16. The average molecular weight is 373 g/mol. The lowest BCUT2D eigenvalue weighted by Crippen LogP contribution is -1.99. The standard InChI is InChI=1S/C13H9FINO3/c14-10-3-6-12(16(17)18)13(7-10)19-8-9-1-4-11(15)5-2-9/h1-7H,8H2. The first-order chi connectivity index (χ1) is 9.06. The van der Waals surface area contributed by atoms with Gasteiger partial charge < -0.3 is 4.74 Å². The molecule has 0 atom stereocenters. The summed E-state index contributed by atoms with van der Waals surface area (Å²) in [7, 11) is 0. The molecule has 2 aromatic rings. The van der Waals surface area contributed by atoms with Gasteiger partial charge in [0.2, 0.25) is 0 Å². The van der Waals surface area contributed by atoms with E-state index >= 15 is 0 Å². The lowest BCUT2D eigenvalue weighted by atomic mass is 10.2. The first kappa shape index (κ1) is 13.7. The highest BCUT2D eigenvalue weighted by Gasteiger charge is 2.15. The zero-order valence-corrected chi connectivity index (χ0v) is 11.8. The maximum Gasteiger partial charge on any atom is 0.311 e. The van der Waals surface area contributed by atoms with E-state index in [1.807, 2.05) is 24.3 Å². The molecule has 0 heterocycles. The fraction of sp³-hybridized carbons (Fsp3) is 0.0769. The zero-order valence-electron chi connectivity index (χ0n) is 9.68. The molecule has 19 heavy (non-hydrogen) atoms. The van der Waals surface area contributed by atoms with Crippen molar-refractivity contribution in [1.29, 1.82) is 0 Å². The van der Waals surface area contributed by atoms with Crippen LogP contribution in [0, 0.1) is 19.5 Å². The Labute approximate surface area is 122 Å². The van der Waals surface area contributed by atoms with Crippen LogP contribution in [0.15, 0.2) is 42.5 Å². The van der Waals surface area contributed by atoms with Crippen LogP contribution in [0.1, 0.15) is 5.56 Å². The van der Waals surface area contributed by atoms with Crippen LogP contribution in [0.2, 0.25) is 0 Å². The molecule has 2 rings (SSSR count). The molecular formula is C13H9FINO3. The van der Waals surface area contributed by atoms with Crippen LogP contribution >= 0.6 is 22.6 Å². The Kier molecular flexibility index (Phi) is 4.31. The van der Waals surface area contributed by atoms with E-state index in [0.717, 1.165) is 27.3 Å². The quantitative estimate of drug-likeness (QED) is 0.464. The van der Waals surface area contributed by atoms with Crippen molar-refractivity contribution in [1.82, 2.24) is 0 Å². The summed E-state index contributed by atoms with van der Waals surface area (Å²) in [4.78, 5) is 10.2. The van der Waals surface area contributed by atoms with E-state index in [-0.39, 0.29) is 18.0 Å². The molecule has 0 radical (unpaired) electrons. The van der Waals surface area contributed by atoms with Crippen molar-refractivity contribution in [3.63, 3.8) is 0 Å². The van der Waals surface area contributed by atoms with E-state index in [1.54, 1.807) is 0 Å². The largest absolute Gasteiger partial charge is 0.482 e. The number of nitrogens with zero attached hydrogens (tertiary/aromatic N) is 1. The van der Waals surface area contributed by atoms with Gasteiger partial charge in [-0.05, 0) is 46.4 Å². The van der Waals surface area contributed by atoms with Crippen LogP contribution in [0.5, 0.6) is 5.75 Å². The normalized spacial score (nSPS) is 10.2. The first-order valence-electron chi connectivity index (χ1n) is 5.37. The number of hydrogen-bond acceptors (Lipinski definition) is 3. The van der Waals surface area contributed by atoms with Crippen LogP contribution in [-0.4, -0.2) is 4.92 Å². The molecule has 0 aliphatic heterocycles. The summed E-state index contributed by atoms with van der Waals surface area (Å²) < 4.78 is 19.5. The highest BCUT2D eigenvalue weighted by molar-refractivity contribution is 14.1. The molecule has 0 N–H and O–H groups in total. The predicted molar refractivity (Wildman–Crippen MR) is 76.5 cm³/mol. The van der Waals surface area contributed by atoms with Crippen LogP contribution in [0.3, 0.4) is 0 Å². The number of hydrogen-bond donors (Lipinski definition) is 0. The highest BCUT2D eigenvalue weighted by atomic mass is 127. The summed E-state index contributed by atoms with van der Waals surface area (Å²) in [5.74, 6) is -0.633. The summed E-state index contributed by atoms with van der Waals surface area (Å²) >= 11 is 2.18. The van der Waals surface area contributed by atoms with Gasteiger partial charge in [0.05, 0.1) is 4.92 Å². The Morgan fingerprint density at radius 1 is 1.21 bits per heavy atom. The Bertz CT molecular complexity index is 601. The first-order valence-corrected chi connectivity index (χ1v) is 6.45. The minimum Gasteiger partial charge on any atom is -0.482 e. The SMILES string of the molecule is O=[N+]([O-])c1ccc(F)cc1OCc1ccc(I)cc1. The monoisotopic (exact) mass is 373 g/mol. The topological polar surface area (TPSA) is 52.4 Å². The fourth-order valence-corrected chi connectivity index (χ4v) is 1.86. The lowest BCUT2D eigenvalue weighted by molar-refractivity contribution is -0.386. The van der Waals surface area contributed by atoms with Gasteiger partial charge in [0, 0.05) is 15.7 Å². The molecule has 98 valence electrons. The molecule has 0 aromatic heterocycles. The number of ether oxygens (including phenoxy) is 1. The summed E-state index contributed by atoms with van der Waals surface area (Å²) in [6, 6.07) is 10.7. The third-order valence-electron chi connectivity index (χ3n) is 2.43. The minimum absolute atomic E-state index is 0.0662. The Morgan fingerprint density at radius 2 is 1.89 bits per heavy atom. The number of halogens is 2. The van der Waals surface area contributed by atoms with Crippen molar-refractivity contribution >= 4 is 28.3 Å². The van der Waals surface area contributed by atoms with Gasteiger partial charge >= 0.3 is 5.69 Å². The molecule has 0 aliphatic rings. The van der Waals surface area contributed by atoms with E-state index < -0.39 is 10.7 Å². The molecule has 0 fully saturated rings. The van der Waals surface area contributed by atoms with Gasteiger partial charge in [-0.2, -0.15) is 0 Å². The number of benzene rings is 2. The molecule has 0 aliphatic carbocycles. The summed E-state index contributed by atoms with van der Waals surface area (Å²) in [6.07, 6.45) is 0. The van der Waals surface area contributed by atoms with Crippen molar-refractivity contribution in [2.24, 2.45) is 0 Å². The van der Waals surface area contributed by atoms with Crippen molar-refractivity contribution in [2.45, 2.75) is 6.61 Å². The van der Waals surface area contributed by atoms with E-state index in [9.17, 15) is 14.5 Å². The van der Waals surface area contributed by atoms with E-state index in [2.05, 4.69) is 22.6 Å². The van der Waals surface area contributed by atoms with Crippen molar-refractivity contribution in [3.8, 4) is 5.75 Å². The molecule has 0 bridgehead atoms. The Hall–Kier alpha value is -1.70. The smallest absolute Gasteiger partial charge is 0.311 e. The second-order valence-corrected chi connectivity index (χ2v) is 5.03. The molecule has 2 aromatic carbocycles. The van der Waals surface area contributed by atoms with Gasteiger partial charge in [0.25, 0.3) is 0 Å². The van der Waals surface area contributed by atoms with Crippen LogP contribution in [-0.2, 0) is 6.61 Å². The lowest BCUT2D eigenvalue weighted by Gasteiger charge is -2.07. The highest BCUT2D eigenvalue weighted by Crippen LogP contribution is 2.28. The summed E-state index contributed by atoms with van der Waals surface area (Å²) in [5, 5.41) is 10.8. The number of nitro benzene ring substituents is 1. The Morgan fingerprint density at radius 3 is 2.53 bits per heavy atom. The summed E-state index contributed by atoms with van der Waals surface area (Å²) in [6.45, 7) is 0.154. The van der Waals surface area contributed by atoms with Gasteiger partial charge in [-0.15, -0.1) is 0 Å². The van der Waals surface area contributed by atoms with Gasteiger partial charge in [-0.1, -0.05) is 12.1 Å². The zero-order chi connectivity index (χ0) is 13.8. The maximum atomic E-state index is 13.1. The second-order valence-electron chi connectivity index (χ2n) is 3.78. The van der Waals surface area contributed by atoms with Gasteiger partial charge in [0.1, 0.15) is 12.4 Å². The van der Waals surface area contributed by atoms with Gasteiger partial charge in [0.15, 0.2) is 5.75 Å². The minimum atomic E-state index is -0.595. The second kappa shape index (κ2) is 5.96. The molecule has 0 saturated heterocycles. The van der Waals surface area contributed by atoms with E-state index in [1.165, 1.54) is 0 Å². The molecule has 0 amide bonds. The van der Waals surface area contributed by atoms with Crippen LogP contribution in [0.4, 0.5) is 10.1 Å². The van der Waals surface area contributed by atoms with Crippen LogP contribution < -0.4 is 4.74 Å². The van der Waals surface area contributed by atoms with Crippen LogP contribution in [0.25, 0.3) is 0 Å². The predicted octanol–water partition coefficient (Wildman–Crippen LogP) is 3.92. The van der Waals surface area contributed by atoms with E-state index in [4.69, 9.17) is 4.74 Å². The number of nitro groups is 1. The van der Waals surface area contributed by atoms with Crippen molar-refractivity contribution in [2.75, 3.05) is 0 Å². The third-order valence-corrected chi connectivity index (χ3v) is 3.15. The molecule has 0 saturated carbocycles. The molecule has 0 unspecified atom stereocenters. The third kappa shape index (κ3) is 3.63.